The number of carboxylic acids is 1. The predicted octanol–water partition coefficient (Wildman–Crippen LogP) is 2.67. The molecule has 0 saturated carbocycles. The Bertz CT molecular complexity index is 610. The van der Waals surface area contributed by atoms with E-state index in [2.05, 4.69) is 10.3 Å². The van der Waals surface area contributed by atoms with Gasteiger partial charge in [-0.15, -0.1) is 5.10 Å². The van der Waals surface area contributed by atoms with Gasteiger partial charge in [-0.2, -0.15) is 0 Å². The van der Waals surface area contributed by atoms with Gasteiger partial charge in [0, 0.05) is 13.1 Å². The van der Waals surface area contributed by atoms with Crippen molar-refractivity contribution in [3.05, 3.63) is 11.4 Å². The van der Waals surface area contributed by atoms with E-state index < -0.39 is 11.6 Å². The molecule has 134 valence electrons. The molecule has 0 unspecified atom stereocenters. The molecule has 1 aromatic heterocycles. The SMILES string of the molecule is CC(C)c1c(C(=O)O)nnn1C1CCN(C(=O)OC(C)(C)C)CC1. The fraction of sp³-hybridized carbons (Fsp3) is 0.750. The molecule has 1 aromatic rings. The number of amides is 1. The molecule has 0 aromatic carbocycles. The van der Waals surface area contributed by atoms with Crippen molar-refractivity contribution >= 4 is 12.1 Å². The van der Waals surface area contributed by atoms with Crippen molar-refractivity contribution in [2.45, 2.75) is 65.0 Å². The van der Waals surface area contributed by atoms with Gasteiger partial charge in [0.05, 0.1) is 11.7 Å². The maximum Gasteiger partial charge on any atom is 0.410 e. The zero-order valence-electron chi connectivity index (χ0n) is 14.9. The zero-order valence-corrected chi connectivity index (χ0v) is 14.9. The number of rotatable bonds is 3. The number of carbonyl (C=O) groups excluding carboxylic acids is 1. The first-order valence-electron chi connectivity index (χ1n) is 8.26. The van der Waals surface area contributed by atoms with Crippen molar-refractivity contribution in [1.29, 1.82) is 0 Å². The van der Waals surface area contributed by atoms with E-state index in [-0.39, 0.29) is 23.7 Å². The van der Waals surface area contributed by atoms with Crippen LogP contribution in [0.25, 0.3) is 0 Å². The Morgan fingerprint density at radius 2 is 1.83 bits per heavy atom. The van der Waals surface area contributed by atoms with Gasteiger partial charge in [0.2, 0.25) is 0 Å². The van der Waals surface area contributed by atoms with Gasteiger partial charge >= 0.3 is 12.1 Å². The lowest BCUT2D eigenvalue weighted by Gasteiger charge is -2.34. The van der Waals surface area contributed by atoms with Crippen molar-refractivity contribution in [1.82, 2.24) is 19.9 Å². The number of likely N-dealkylation sites (tertiary alicyclic amines) is 1. The monoisotopic (exact) mass is 338 g/mol. The van der Waals surface area contributed by atoms with Gasteiger partial charge in [-0.25, -0.2) is 14.3 Å². The molecule has 1 saturated heterocycles. The third kappa shape index (κ3) is 4.04. The standard InChI is InChI=1S/C16H26N4O4/c1-10(2)13-12(14(21)22)17-18-20(13)11-6-8-19(9-7-11)15(23)24-16(3,4)5/h10-11H,6-9H2,1-5H3,(H,21,22). The highest BCUT2D eigenvalue weighted by Crippen LogP contribution is 2.28. The smallest absolute Gasteiger partial charge is 0.410 e. The summed E-state index contributed by atoms with van der Waals surface area (Å²) in [5.41, 5.74) is 0.138. The van der Waals surface area contributed by atoms with Gasteiger partial charge in [-0.1, -0.05) is 19.1 Å². The Balaban J connectivity index is 2.08. The Morgan fingerprint density at radius 1 is 1.25 bits per heavy atom. The summed E-state index contributed by atoms with van der Waals surface area (Å²) in [7, 11) is 0. The van der Waals surface area contributed by atoms with Crippen LogP contribution in [0.2, 0.25) is 0 Å². The maximum absolute atomic E-state index is 12.1. The fourth-order valence-electron chi connectivity index (χ4n) is 2.88. The molecule has 2 rings (SSSR count). The second-order valence-electron chi connectivity index (χ2n) is 7.43. The molecule has 8 heteroatoms. The summed E-state index contributed by atoms with van der Waals surface area (Å²) in [5, 5.41) is 17.1. The number of carboxylic acid groups (broad SMARTS) is 1. The predicted molar refractivity (Wildman–Crippen MR) is 87.1 cm³/mol. The van der Waals surface area contributed by atoms with Crippen molar-refractivity contribution < 1.29 is 19.4 Å². The third-order valence-electron chi connectivity index (χ3n) is 3.94. The first-order chi connectivity index (χ1) is 11.1. The Labute approximate surface area is 141 Å². The summed E-state index contributed by atoms with van der Waals surface area (Å²) in [4.78, 5) is 25.1. The molecular formula is C16H26N4O4. The number of ether oxygens (including phenoxy) is 1. The molecule has 2 heterocycles. The number of nitrogens with zero attached hydrogens (tertiary/aromatic N) is 4. The van der Waals surface area contributed by atoms with Crippen LogP contribution < -0.4 is 0 Å². The Kier molecular flexibility index (Phi) is 5.15. The van der Waals surface area contributed by atoms with E-state index in [0.717, 1.165) is 0 Å². The summed E-state index contributed by atoms with van der Waals surface area (Å²) in [5.74, 6) is -1.05. The average molecular weight is 338 g/mol. The van der Waals surface area contributed by atoms with Crippen LogP contribution in [0.4, 0.5) is 4.79 Å². The van der Waals surface area contributed by atoms with Crippen molar-refractivity contribution in [2.24, 2.45) is 0 Å². The minimum atomic E-state index is -1.06. The van der Waals surface area contributed by atoms with Crippen LogP contribution in [0.1, 0.15) is 75.6 Å². The summed E-state index contributed by atoms with van der Waals surface area (Å²) < 4.78 is 7.11. The highest BCUT2D eigenvalue weighted by Gasteiger charge is 2.31. The molecule has 8 nitrogen and oxygen atoms in total. The van der Waals surface area contributed by atoms with Gasteiger partial charge in [0.15, 0.2) is 5.69 Å². The van der Waals surface area contributed by atoms with Gasteiger partial charge in [-0.3, -0.25) is 0 Å². The summed E-state index contributed by atoms with van der Waals surface area (Å²) in [6.07, 6.45) is 1.08. The summed E-state index contributed by atoms with van der Waals surface area (Å²) in [6.45, 7) is 10.5. The molecule has 0 atom stereocenters. The van der Waals surface area contributed by atoms with Crippen LogP contribution in [0.3, 0.4) is 0 Å². The normalized spacial score (nSPS) is 16.5. The van der Waals surface area contributed by atoms with Crippen LogP contribution in [0.15, 0.2) is 0 Å². The second-order valence-corrected chi connectivity index (χ2v) is 7.43. The van der Waals surface area contributed by atoms with Gasteiger partial charge in [0.25, 0.3) is 0 Å². The zero-order chi connectivity index (χ0) is 18.1. The van der Waals surface area contributed by atoms with Crippen LogP contribution in [-0.4, -0.2) is 55.8 Å². The van der Waals surface area contributed by atoms with E-state index in [9.17, 15) is 14.7 Å². The van der Waals surface area contributed by atoms with Crippen LogP contribution in [0.5, 0.6) is 0 Å². The number of carbonyl (C=O) groups is 2. The Hall–Kier alpha value is -2.12. The molecule has 1 amide bonds. The van der Waals surface area contributed by atoms with E-state index in [1.165, 1.54) is 0 Å². The second kappa shape index (κ2) is 6.78. The summed E-state index contributed by atoms with van der Waals surface area (Å²) in [6, 6.07) is 0.0432. The fourth-order valence-corrected chi connectivity index (χ4v) is 2.88. The van der Waals surface area contributed by atoms with Crippen molar-refractivity contribution in [3.63, 3.8) is 0 Å². The molecule has 24 heavy (non-hydrogen) atoms. The lowest BCUT2D eigenvalue weighted by Crippen LogP contribution is -2.42. The lowest BCUT2D eigenvalue weighted by molar-refractivity contribution is 0.0183. The van der Waals surface area contributed by atoms with E-state index in [4.69, 9.17) is 4.74 Å². The molecule has 0 spiro atoms. The minimum Gasteiger partial charge on any atom is -0.476 e. The molecule has 0 aliphatic carbocycles. The van der Waals surface area contributed by atoms with Crippen LogP contribution in [-0.2, 0) is 4.74 Å². The number of piperidine rings is 1. The lowest BCUT2D eigenvalue weighted by atomic mass is 10.0. The van der Waals surface area contributed by atoms with E-state index >= 15 is 0 Å². The minimum absolute atomic E-state index is 0.00925. The van der Waals surface area contributed by atoms with Crippen LogP contribution in [0, 0.1) is 0 Å². The van der Waals surface area contributed by atoms with Gasteiger partial charge in [0.1, 0.15) is 5.60 Å². The van der Waals surface area contributed by atoms with Gasteiger partial charge < -0.3 is 14.7 Å². The molecule has 1 aliphatic heterocycles. The van der Waals surface area contributed by atoms with E-state index in [1.54, 1.807) is 9.58 Å². The topological polar surface area (TPSA) is 97.5 Å². The van der Waals surface area contributed by atoms with Crippen molar-refractivity contribution in [3.8, 4) is 0 Å². The van der Waals surface area contributed by atoms with Crippen molar-refractivity contribution in [2.75, 3.05) is 13.1 Å². The van der Waals surface area contributed by atoms with E-state index in [0.29, 0.717) is 31.6 Å². The first kappa shape index (κ1) is 18.2. The first-order valence-corrected chi connectivity index (χ1v) is 8.26. The number of aromatic nitrogens is 3. The molecule has 0 bridgehead atoms. The highest BCUT2D eigenvalue weighted by atomic mass is 16.6. The summed E-state index contributed by atoms with van der Waals surface area (Å²) >= 11 is 0. The third-order valence-corrected chi connectivity index (χ3v) is 3.94. The van der Waals surface area contributed by atoms with Gasteiger partial charge in [-0.05, 0) is 39.5 Å². The van der Waals surface area contributed by atoms with E-state index in [1.807, 2.05) is 34.6 Å². The quantitative estimate of drug-likeness (QED) is 0.910. The molecule has 1 aliphatic rings. The molecule has 1 N–H and O–H groups in total. The number of hydrogen-bond acceptors (Lipinski definition) is 5. The maximum atomic E-state index is 12.1. The largest absolute Gasteiger partial charge is 0.476 e. The molecule has 1 fully saturated rings. The Morgan fingerprint density at radius 3 is 2.29 bits per heavy atom. The molecule has 0 radical (unpaired) electrons. The number of aromatic carboxylic acids is 1. The number of hydrogen-bond donors (Lipinski definition) is 1. The average Bonchev–Trinajstić information content (AvgIpc) is 2.90. The highest BCUT2D eigenvalue weighted by molar-refractivity contribution is 5.86. The van der Waals surface area contributed by atoms with Crippen LogP contribution >= 0.6 is 0 Å². The molecular weight excluding hydrogens is 312 g/mol.